The van der Waals surface area contributed by atoms with E-state index in [9.17, 15) is 24.5 Å². The first-order valence-electron chi connectivity index (χ1n) is 8.15. The van der Waals surface area contributed by atoms with Crippen LogP contribution in [0, 0.1) is 11.7 Å². The van der Waals surface area contributed by atoms with Crippen molar-refractivity contribution in [3.8, 4) is 5.75 Å². The third-order valence-electron chi connectivity index (χ3n) is 4.22. The van der Waals surface area contributed by atoms with Gasteiger partial charge in [-0.05, 0) is 35.8 Å². The average molecular weight is 340 g/mol. The number of aromatic carboxylic acids is 1. The standard InChI is InChI=1S/C18H25FO5/c1-18(2,3)14-15(19)13(17(22)23)6-12(11-4-5-11)16(14)24-9-10(7-20)8-21/h6,10-11,20-21H,4-5,7-9H2,1-3H3,(H,22,23). The van der Waals surface area contributed by atoms with Crippen molar-refractivity contribution >= 4 is 5.97 Å². The first-order valence-corrected chi connectivity index (χ1v) is 8.15. The lowest BCUT2D eigenvalue weighted by Gasteiger charge is -2.27. The molecular formula is C18H25FO5. The molecule has 1 fully saturated rings. The molecule has 1 aromatic rings. The zero-order valence-electron chi connectivity index (χ0n) is 14.3. The quantitative estimate of drug-likeness (QED) is 0.710. The van der Waals surface area contributed by atoms with Gasteiger partial charge in [0.05, 0.1) is 25.4 Å². The predicted molar refractivity (Wildman–Crippen MR) is 87.2 cm³/mol. The van der Waals surface area contributed by atoms with Gasteiger partial charge < -0.3 is 20.1 Å². The summed E-state index contributed by atoms with van der Waals surface area (Å²) >= 11 is 0. The van der Waals surface area contributed by atoms with Gasteiger partial charge in [-0.2, -0.15) is 0 Å². The molecule has 1 aromatic carbocycles. The van der Waals surface area contributed by atoms with Crippen molar-refractivity contribution in [3.63, 3.8) is 0 Å². The van der Waals surface area contributed by atoms with Gasteiger partial charge in [-0.1, -0.05) is 20.8 Å². The Kier molecular flexibility index (Phi) is 5.50. The molecule has 1 aliphatic carbocycles. The van der Waals surface area contributed by atoms with Gasteiger partial charge in [-0.3, -0.25) is 0 Å². The summed E-state index contributed by atoms with van der Waals surface area (Å²) in [6, 6.07) is 1.37. The van der Waals surface area contributed by atoms with Gasteiger partial charge in [-0.15, -0.1) is 0 Å². The third-order valence-corrected chi connectivity index (χ3v) is 4.22. The van der Waals surface area contributed by atoms with Crippen LogP contribution >= 0.6 is 0 Å². The van der Waals surface area contributed by atoms with Gasteiger partial charge in [-0.25, -0.2) is 9.18 Å². The number of aliphatic hydroxyl groups excluding tert-OH is 2. The number of aliphatic hydroxyl groups is 2. The monoisotopic (exact) mass is 340 g/mol. The minimum absolute atomic E-state index is 0.0433. The molecule has 24 heavy (non-hydrogen) atoms. The van der Waals surface area contributed by atoms with Crippen molar-refractivity contribution in [3.05, 3.63) is 28.6 Å². The lowest BCUT2D eigenvalue weighted by atomic mass is 9.82. The highest BCUT2D eigenvalue weighted by Crippen LogP contribution is 2.49. The minimum Gasteiger partial charge on any atom is -0.492 e. The van der Waals surface area contributed by atoms with E-state index in [1.165, 1.54) is 6.07 Å². The highest BCUT2D eigenvalue weighted by atomic mass is 19.1. The second-order valence-corrected chi connectivity index (χ2v) is 7.40. The van der Waals surface area contributed by atoms with Gasteiger partial charge >= 0.3 is 5.97 Å². The average Bonchev–Trinajstić information content (AvgIpc) is 3.31. The van der Waals surface area contributed by atoms with Crippen LogP contribution in [0.5, 0.6) is 5.75 Å². The number of ether oxygens (including phenoxy) is 1. The normalized spacial score (nSPS) is 15.0. The van der Waals surface area contributed by atoms with E-state index in [2.05, 4.69) is 0 Å². The van der Waals surface area contributed by atoms with Crippen molar-refractivity contribution < 1.29 is 29.2 Å². The van der Waals surface area contributed by atoms with Crippen molar-refractivity contribution in [2.45, 2.75) is 44.9 Å². The van der Waals surface area contributed by atoms with E-state index in [1.54, 1.807) is 20.8 Å². The first-order chi connectivity index (χ1) is 11.2. The van der Waals surface area contributed by atoms with Crippen molar-refractivity contribution in [1.29, 1.82) is 0 Å². The number of rotatable bonds is 7. The largest absolute Gasteiger partial charge is 0.492 e. The Morgan fingerprint density at radius 2 is 1.92 bits per heavy atom. The molecule has 3 N–H and O–H groups in total. The van der Waals surface area contributed by atoms with E-state index in [0.717, 1.165) is 12.8 Å². The molecule has 134 valence electrons. The number of halogens is 1. The van der Waals surface area contributed by atoms with Crippen molar-refractivity contribution in [1.82, 2.24) is 0 Å². The second-order valence-electron chi connectivity index (χ2n) is 7.40. The fraction of sp³-hybridized carbons (Fsp3) is 0.611. The molecular weight excluding hydrogens is 315 g/mol. The minimum atomic E-state index is -1.30. The fourth-order valence-electron chi connectivity index (χ4n) is 2.71. The van der Waals surface area contributed by atoms with Crippen LogP contribution in [0.2, 0.25) is 0 Å². The summed E-state index contributed by atoms with van der Waals surface area (Å²) < 4.78 is 20.7. The zero-order valence-corrected chi connectivity index (χ0v) is 14.3. The summed E-state index contributed by atoms with van der Waals surface area (Å²) in [4.78, 5) is 11.4. The SMILES string of the molecule is CC(C)(C)c1c(F)c(C(=O)O)cc(C2CC2)c1OCC(CO)CO. The molecule has 0 aliphatic heterocycles. The summed E-state index contributed by atoms with van der Waals surface area (Å²) in [5.74, 6) is -2.01. The predicted octanol–water partition coefficient (Wildman–Crippen LogP) is 2.68. The molecule has 2 rings (SSSR count). The maximum Gasteiger partial charge on any atom is 0.338 e. The molecule has 1 saturated carbocycles. The number of benzene rings is 1. The molecule has 0 bridgehead atoms. The number of carboxylic acids is 1. The summed E-state index contributed by atoms with van der Waals surface area (Å²) in [5, 5.41) is 27.7. The van der Waals surface area contributed by atoms with Crippen LogP contribution < -0.4 is 4.74 Å². The smallest absolute Gasteiger partial charge is 0.338 e. The van der Waals surface area contributed by atoms with E-state index >= 15 is 0 Å². The highest BCUT2D eigenvalue weighted by Gasteiger charge is 2.36. The molecule has 0 radical (unpaired) electrons. The summed E-state index contributed by atoms with van der Waals surface area (Å²) in [6.45, 7) is 4.97. The van der Waals surface area contributed by atoms with E-state index < -0.39 is 23.1 Å². The third kappa shape index (κ3) is 3.87. The Balaban J connectivity index is 2.56. The van der Waals surface area contributed by atoms with Crippen LogP contribution in [-0.4, -0.2) is 41.1 Å². The Hall–Kier alpha value is -1.66. The topological polar surface area (TPSA) is 87.0 Å². The Labute approximate surface area is 141 Å². The van der Waals surface area contributed by atoms with E-state index in [0.29, 0.717) is 11.3 Å². The van der Waals surface area contributed by atoms with Gasteiger partial charge in [0.15, 0.2) is 0 Å². The molecule has 0 atom stereocenters. The van der Waals surface area contributed by atoms with Gasteiger partial charge in [0.25, 0.3) is 0 Å². The summed E-state index contributed by atoms with van der Waals surface area (Å²) in [5.41, 5.74) is -0.0510. The number of hydrogen-bond acceptors (Lipinski definition) is 4. The molecule has 0 unspecified atom stereocenters. The van der Waals surface area contributed by atoms with Gasteiger partial charge in [0, 0.05) is 11.5 Å². The second kappa shape index (κ2) is 7.07. The van der Waals surface area contributed by atoms with Gasteiger partial charge in [0.1, 0.15) is 11.6 Å². The van der Waals surface area contributed by atoms with Gasteiger partial charge in [0.2, 0.25) is 0 Å². The summed E-state index contributed by atoms with van der Waals surface area (Å²) in [7, 11) is 0. The van der Waals surface area contributed by atoms with Crippen LogP contribution in [0.15, 0.2) is 6.07 Å². The van der Waals surface area contributed by atoms with Crippen LogP contribution in [0.3, 0.4) is 0 Å². The molecule has 0 spiro atoms. The van der Waals surface area contributed by atoms with Crippen LogP contribution in [-0.2, 0) is 5.41 Å². The number of carboxylic acid groups (broad SMARTS) is 1. The Morgan fingerprint density at radius 3 is 2.33 bits per heavy atom. The Morgan fingerprint density at radius 1 is 1.33 bits per heavy atom. The molecule has 6 heteroatoms. The number of hydrogen-bond donors (Lipinski definition) is 3. The highest BCUT2D eigenvalue weighted by molar-refractivity contribution is 5.89. The first kappa shape index (κ1) is 18.7. The van der Waals surface area contributed by atoms with Crippen molar-refractivity contribution in [2.24, 2.45) is 5.92 Å². The summed E-state index contributed by atoms with van der Waals surface area (Å²) in [6.07, 6.45) is 1.82. The molecule has 5 nitrogen and oxygen atoms in total. The molecule has 0 saturated heterocycles. The van der Waals surface area contributed by atoms with Crippen molar-refractivity contribution in [2.75, 3.05) is 19.8 Å². The maximum atomic E-state index is 14.9. The van der Waals surface area contributed by atoms with Crippen LogP contribution in [0.4, 0.5) is 4.39 Å². The zero-order chi connectivity index (χ0) is 18.1. The van der Waals surface area contributed by atoms with E-state index in [1.807, 2.05) is 0 Å². The maximum absolute atomic E-state index is 14.9. The van der Waals surface area contributed by atoms with E-state index in [4.69, 9.17) is 4.74 Å². The molecule has 0 amide bonds. The lowest BCUT2D eigenvalue weighted by Crippen LogP contribution is -2.24. The van der Waals surface area contributed by atoms with Crippen LogP contribution in [0.25, 0.3) is 0 Å². The molecule has 0 aromatic heterocycles. The Bertz CT molecular complexity index is 613. The van der Waals surface area contributed by atoms with E-state index in [-0.39, 0.29) is 36.9 Å². The molecule has 0 heterocycles. The lowest BCUT2D eigenvalue weighted by molar-refractivity contribution is 0.0691. The van der Waals surface area contributed by atoms with Crippen LogP contribution in [0.1, 0.15) is 61.0 Å². The fourth-order valence-corrected chi connectivity index (χ4v) is 2.71. The molecule has 1 aliphatic rings. The number of carbonyl (C=O) groups is 1.